The van der Waals surface area contributed by atoms with E-state index >= 15 is 0 Å². The van der Waals surface area contributed by atoms with Crippen LogP contribution in [0.4, 0.5) is 0 Å². The number of rotatable bonds is 1. The zero-order valence-electron chi connectivity index (χ0n) is 8.28. The van der Waals surface area contributed by atoms with Gasteiger partial charge in [-0.1, -0.05) is 0 Å². The Morgan fingerprint density at radius 3 is 2.93 bits per heavy atom. The zero-order valence-corrected chi connectivity index (χ0v) is 9.87. The molecule has 4 heteroatoms. The summed E-state index contributed by atoms with van der Waals surface area (Å²) in [5.41, 5.74) is 0.655. The molecule has 2 aliphatic rings. The first-order valence-corrected chi connectivity index (χ1v) is 6.09. The standard InChI is InChI=1S/C11H12BrNO2/c12-10-9(3-4-15-10)11(14)13-6-7-1-2-8(13)5-7/h3-4,7-8H,1-2,5-6H2. The summed E-state index contributed by atoms with van der Waals surface area (Å²) in [5.74, 6) is 0.854. The molecule has 1 aliphatic heterocycles. The molecule has 1 saturated heterocycles. The van der Waals surface area contributed by atoms with Gasteiger partial charge in [-0.2, -0.15) is 0 Å². The van der Waals surface area contributed by atoms with Crippen molar-refractivity contribution in [3.63, 3.8) is 0 Å². The number of fused-ring (bicyclic) bond motifs is 2. The van der Waals surface area contributed by atoms with Gasteiger partial charge in [0.15, 0.2) is 4.67 Å². The van der Waals surface area contributed by atoms with Gasteiger partial charge in [-0.15, -0.1) is 0 Å². The van der Waals surface area contributed by atoms with E-state index in [1.807, 2.05) is 4.90 Å². The molecule has 3 nitrogen and oxygen atoms in total. The van der Waals surface area contributed by atoms with E-state index in [1.54, 1.807) is 12.3 Å². The minimum absolute atomic E-state index is 0.114. The molecule has 1 aromatic heterocycles. The van der Waals surface area contributed by atoms with E-state index in [4.69, 9.17) is 4.42 Å². The van der Waals surface area contributed by atoms with Gasteiger partial charge in [0.2, 0.25) is 0 Å². The number of halogens is 1. The number of piperidine rings is 1. The predicted octanol–water partition coefficient (Wildman–Crippen LogP) is 2.67. The minimum Gasteiger partial charge on any atom is -0.457 e. The maximum atomic E-state index is 12.2. The summed E-state index contributed by atoms with van der Waals surface area (Å²) in [5, 5.41) is 0. The molecule has 0 N–H and O–H groups in total. The van der Waals surface area contributed by atoms with Crippen LogP contribution < -0.4 is 0 Å². The summed E-state index contributed by atoms with van der Waals surface area (Å²) in [6.07, 6.45) is 5.21. The second-order valence-electron chi connectivity index (χ2n) is 4.40. The second kappa shape index (κ2) is 3.37. The Hall–Kier alpha value is -0.770. The van der Waals surface area contributed by atoms with Gasteiger partial charge in [0.05, 0.1) is 11.8 Å². The molecule has 2 unspecified atom stereocenters. The van der Waals surface area contributed by atoms with Crippen LogP contribution in [-0.4, -0.2) is 23.4 Å². The summed E-state index contributed by atoms with van der Waals surface area (Å²) in [6.45, 7) is 0.932. The molecular formula is C11H12BrNO2. The molecule has 0 spiro atoms. The number of furan rings is 1. The normalized spacial score (nSPS) is 28.7. The second-order valence-corrected chi connectivity index (χ2v) is 5.12. The average molecular weight is 270 g/mol. The summed E-state index contributed by atoms with van der Waals surface area (Å²) in [7, 11) is 0. The van der Waals surface area contributed by atoms with E-state index in [2.05, 4.69) is 15.9 Å². The van der Waals surface area contributed by atoms with Gasteiger partial charge >= 0.3 is 0 Å². The highest BCUT2D eigenvalue weighted by Gasteiger charge is 2.41. The third kappa shape index (κ3) is 1.42. The van der Waals surface area contributed by atoms with E-state index in [0.29, 0.717) is 16.3 Å². The van der Waals surface area contributed by atoms with Crippen molar-refractivity contribution in [3.05, 3.63) is 22.6 Å². The fourth-order valence-corrected chi connectivity index (χ4v) is 3.18. The molecule has 2 heterocycles. The number of likely N-dealkylation sites (tertiary alicyclic amines) is 1. The van der Waals surface area contributed by atoms with Crippen molar-refractivity contribution in [2.24, 2.45) is 5.92 Å². The lowest BCUT2D eigenvalue weighted by Crippen LogP contribution is -2.37. The lowest BCUT2D eigenvalue weighted by molar-refractivity contribution is 0.0701. The average Bonchev–Trinajstić information content (AvgIpc) is 2.91. The zero-order chi connectivity index (χ0) is 10.4. The molecular weight excluding hydrogens is 258 g/mol. The fourth-order valence-electron chi connectivity index (χ4n) is 2.77. The SMILES string of the molecule is O=C(c1ccoc1Br)N1CC2CCC1C2. The largest absolute Gasteiger partial charge is 0.457 e. The van der Waals surface area contributed by atoms with Crippen LogP contribution in [-0.2, 0) is 0 Å². The van der Waals surface area contributed by atoms with E-state index in [1.165, 1.54) is 19.3 Å². The van der Waals surface area contributed by atoms with Crippen molar-refractivity contribution >= 4 is 21.8 Å². The maximum absolute atomic E-state index is 12.2. The van der Waals surface area contributed by atoms with Crippen molar-refractivity contribution < 1.29 is 9.21 Å². The van der Waals surface area contributed by atoms with Crippen LogP contribution in [0.15, 0.2) is 21.4 Å². The van der Waals surface area contributed by atoms with Gasteiger partial charge in [-0.3, -0.25) is 4.79 Å². The first-order chi connectivity index (χ1) is 7.25. The number of hydrogen-bond acceptors (Lipinski definition) is 2. The van der Waals surface area contributed by atoms with Gasteiger partial charge in [0.1, 0.15) is 0 Å². The quantitative estimate of drug-likeness (QED) is 0.786. The third-order valence-electron chi connectivity index (χ3n) is 3.52. The van der Waals surface area contributed by atoms with Crippen molar-refractivity contribution in [1.82, 2.24) is 4.90 Å². The highest BCUT2D eigenvalue weighted by atomic mass is 79.9. The lowest BCUT2D eigenvalue weighted by Gasteiger charge is -2.26. The van der Waals surface area contributed by atoms with E-state index < -0.39 is 0 Å². The molecule has 1 aliphatic carbocycles. The van der Waals surface area contributed by atoms with E-state index in [0.717, 1.165) is 12.5 Å². The Kier molecular flexibility index (Phi) is 2.12. The Balaban J connectivity index is 1.84. The summed E-state index contributed by atoms with van der Waals surface area (Å²) >= 11 is 3.25. The molecule has 2 fully saturated rings. The molecule has 0 radical (unpaired) electrons. The first-order valence-electron chi connectivity index (χ1n) is 5.29. The van der Waals surface area contributed by atoms with Crippen molar-refractivity contribution in [2.75, 3.05) is 6.54 Å². The van der Waals surface area contributed by atoms with Crippen LogP contribution in [0.1, 0.15) is 29.6 Å². The maximum Gasteiger partial charge on any atom is 0.258 e. The van der Waals surface area contributed by atoms with Gasteiger partial charge in [-0.05, 0) is 47.2 Å². The number of carbonyl (C=O) groups is 1. The molecule has 2 bridgehead atoms. The molecule has 15 heavy (non-hydrogen) atoms. The van der Waals surface area contributed by atoms with Gasteiger partial charge in [0.25, 0.3) is 5.91 Å². The third-order valence-corrected chi connectivity index (χ3v) is 4.13. The van der Waals surface area contributed by atoms with Crippen LogP contribution in [0.5, 0.6) is 0 Å². The summed E-state index contributed by atoms with van der Waals surface area (Å²) < 4.78 is 5.65. The van der Waals surface area contributed by atoms with Crippen LogP contribution in [0.2, 0.25) is 0 Å². The van der Waals surface area contributed by atoms with Gasteiger partial charge in [-0.25, -0.2) is 0 Å². The molecule has 0 aromatic carbocycles. The lowest BCUT2D eigenvalue weighted by atomic mass is 10.1. The van der Waals surface area contributed by atoms with Gasteiger partial charge < -0.3 is 9.32 Å². The van der Waals surface area contributed by atoms with Crippen LogP contribution in [0.25, 0.3) is 0 Å². The molecule has 80 valence electrons. The Morgan fingerprint density at radius 1 is 1.53 bits per heavy atom. The number of carbonyl (C=O) groups excluding carboxylic acids is 1. The smallest absolute Gasteiger partial charge is 0.258 e. The molecule has 1 aromatic rings. The summed E-state index contributed by atoms with van der Waals surface area (Å²) in [4.78, 5) is 14.2. The van der Waals surface area contributed by atoms with Crippen LogP contribution in [0, 0.1) is 5.92 Å². The molecule has 1 amide bonds. The Labute approximate surface area is 96.6 Å². The van der Waals surface area contributed by atoms with Crippen molar-refractivity contribution in [1.29, 1.82) is 0 Å². The highest BCUT2D eigenvalue weighted by molar-refractivity contribution is 9.10. The number of nitrogens with zero attached hydrogens (tertiary/aromatic N) is 1. The van der Waals surface area contributed by atoms with E-state index in [9.17, 15) is 4.79 Å². The summed E-state index contributed by atoms with van der Waals surface area (Å²) in [6, 6.07) is 2.21. The monoisotopic (exact) mass is 269 g/mol. The van der Waals surface area contributed by atoms with Crippen molar-refractivity contribution in [2.45, 2.75) is 25.3 Å². The van der Waals surface area contributed by atoms with Gasteiger partial charge in [0, 0.05) is 12.6 Å². The minimum atomic E-state index is 0.114. The molecule has 1 saturated carbocycles. The topological polar surface area (TPSA) is 33.5 Å². The fraction of sp³-hybridized carbons (Fsp3) is 0.545. The molecule has 3 rings (SSSR count). The molecule has 2 atom stereocenters. The van der Waals surface area contributed by atoms with Crippen LogP contribution >= 0.6 is 15.9 Å². The Bertz CT molecular complexity index is 401. The van der Waals surface area contributed by atoms with E-state index in [-0.39, 0.29) is 5.91 Å². The van der Waals surface area contributed by atoms with Crippen molar-refractivity contribution in [3.8, 4) is 0 Å². The number of hydrogen-bond donors (Lipinski definition) is 0. The Morgan fingerprint density at radius 2 is 2.40 bits per heavy atom. The highest BCUT2D eigenvalue weighted by Crippen LogP contribution is 2.38. The first kappa shape index (κ1) is 9.46. The van der Waals surface area contributed by atoms with Crippen LogP contribution in [0.3, 0.4) is 0 Å². The predicted molar refractivity (Wildman–Crippen MR) is 58.6 cm³/mol. The number of amides is 1.